The summed E-state index contributed by atoms with van der Waals surface area (Å²) >= 11 is 0. The van der Waals surface area contributed by atoms with Gasteiger partial charge in [-0.15, -0.1) is 0 Å². The van der Waals surface area contributed by atoms with Crippen molar-refractivity contribution in [1.29, 1.82) is 0 Å². The maximum absolute atomic E-state index is 14.0. The topological polar surface area (TPSA) is 120 Å². The Morgan fingerprint density at radius 3 is 2.32 bits per heavy atom. The van der Waals surface area contributed by atoms with Crippen LogP contribution in [0.1, 0.15) is 34.6 Å². The van der Waals surface area contributed by atoms with Gasteiger partial charge in [0, 0.05) is 24.4 Å². The fourth-order valence-corrected chi connectivity index (χ4v) is 4.74. The largest absolute Gasteiger partial charge is 0.492 e. The second kappa shape index (κ2) is 13.7. The number of carbonyl (C=O) groups excluding carboxylic acids is 1. The Morgan fingerprint density at radius 1 is 0.977 bits per heavy atom. The van der Waals surface area contributed by atoms with Crippen molar-refractivity contribution in [1.82, 2.24) is 19.6 Å². The van der Waals surface area contributed by atoms with Crippen molar-refractivity contribution in [3.05, 3.63) is 102 Å². The number of hydrogen-bond acceptors (Lipinski definition) is 9. The minimum atomic E-state index is -4.92. The van der Waals surface area contributed by atoms with E-state index in [2.05, 4.69) is 9.97 Å². The molecule has 44 heavy (non-hydrogen) atoms. The fourth-order valence-electron chi connectivity index (χ4n) is 3.77. The van der Waals surface area contributed by atoms with E-state index in [-0.39, 0.29) is 4.90 Å². The first-order valence-corrected chi connectivity index (χ1v) is 14.7. The Labute approximate surface area is 252 Å². The van der Waals surface area contributed by atoms with Gasteiger partial charge in [0.2, 0.25) is 5.88 Å². The SMILES string of the molecule is C[C@@H](Oc1ccc(C(=O)NS(=O)(=O)c2ccc(OCCN(C)C)cc2)cc1C(F)(F)F)c1ccc(Oc2ccccn2)cn1. The molecule has 0 aliphatic heterocycles. The minimum Gasteiger partial charge on any atom is -0.492 e. The van der Waals surface area contributed by atoms with Crippen molar-refractivity contribution < 1.29 is 40.6 Å². The van der Waals surface area contributed by atoms with Crippen LogP contribution in [0.25, 0.3) is 0 Å². The van der Waals surface area contributed by atoms with E-state index in [0.717, 1.165) is 12.1 Å². The zero-order valence-corrected chi connectivity index (χ0v) is 24.7. The molecule has 2 aromatic carbocycles. The van der Waals surface area contributed by atoms with Gasteiger partial charge in [-0.3, -0.25) is 9.78 Å². The van der Waals surface area contributed by atoms with Crippen LogP contribution in [0.4, 0.5) is 13.2 Å². The maximum Gasteiger partial charge on any atom is 0.419 e. The normalized spacial score (nSPS) is 12.4. The third-order valence-electron chi connectivity index (χ3n) is 6.06. The zero-order valence-electron chi connectivity index (χ0n) is 23.9. The molecule has 1 N–H and O–H groups in total. The van der Waals surface area contributed by atoms with Gasteiger partial charge in [-0.2, -0.15) is 13.2 Å². The lowest BCUT2D eigenvalue weighted by Gasteiger charge is -2.19. The number of nitrogens with one attached hydrogen (secondary N) is 1. The average molecular weight is 631 g/mol. The molecular formula is C30H29F3N4O6S. The summed E-state index contributed by atoms with van der Waals surface area (Å²) in [6, 6.07) is 16.1. The van der Waals surface area contributed by atoms with Crippen molar-refractivity contribution in [3.8, 4) is 23.1 Å². The van der Waals surface area contributed by atoms with E-state index in [1.54, 1.807) is 35.2 Å². The van der Waals surface area contributed by atoms with Crippen LogP contribution >= 0.6 is 0 Å². The molecule has 0 spiro atoms. The summed E-state index contributed by atoms with van der Waals surface area (Å²) in [5, 5.41) is 0. The van der Waals surface area contributed by atoms with Crippen LogP contribution in [0.2, 0.25) is 0 Å². The summed E-state index contributed by atoms with van der Waals surface area (Å²) in [6.45, 7) is 2.53. The molecule has 0 radical (unpaired) electrons. The van der Waals surface area contributed by atoms with Crippen LogP contribution < -0.4 is 18.9 Å². The van der Waals surface area contributed by atoms with Crippen molar-refractivity contribution >= 4 is 15.9 Å². The van der Waals surface area contributed by atoms with Crippen molar-refractivity contribution in [2.45, 2.75) is 24.1 Å². The van der Waals surface area contributed by atoms with Gasteiger partial charge >= 0.3 is 6.18 Å². The van der Waals surface area contributed by atoms with E-state index in [9.17, 15) is 26.4 Å². The number of carbonyl (C=O) groups is 1. The number of amides is 1. The number of likely N-dealkylation sites (N-methyl/N-ethyl adjacent to an activating group) is 1. The summed E-state index contributed by atoms with van der Waals surface area (Å²) in [7, 11) is -0.645. The van der Waals surface area contributed by atoms with Gasteiger partial charge in [0.25, 0.3) is 15.9 Å². The van der Waals surface area contributed by atoms with Gasteiger partial charge in [-0.1, -0.05) is 6.07 Å². The Balaban J connectivity index is 1.45. The molecule has 2 aromatic heterocycles. The average Bonchev–Trinajstić information content (AvgIpc) is 2.97. The van der Waals surface area contributed by atoms with E-state index < -0.39 is 45.1 Å². The second-order valence-electron chi connectivity index (χ2n) is 9.72. The number of aromatic nitrogens is 2. The summed E-state index contributed by atoms with van der Waals surface area (Å²) in [6.07, 6.45) is -2.90. The highest BCUT2D eigenvalue weighted by atomic mass is 32.2. The monoisotopic (exact) mass is 630 g/mol. The van der Waals surface area contributed by atoms with Gasteiger partial charge in [0.1, 0.15) is 30.0 Å². The molecule has 0 bridgehead atoms. The van der Waals surface area contributed by atoms with Gasteiger partial charge in [-0.25, -0.2) is 18.1 Å². The molecule has 1 amide bonds. The predicted octanol–water partition coefficient (Wildman–Crippen LogP) is 5.49. The third-order valence-corrected chi connectivity index (χ3v) is 7.40. The minimum absolute atomic E-state index is 0.264. The lowest BCUT2D eigenvalue weighted by atomic mass is 10.1. The molecule has 0 fully saturated rings. The zero-order chi connectivity index (χ0) is 31.9. The number of nitrogens with zero attached hydrogens (tertiary/aromatic N) is 3. The molecule has 10 nitrogen and oxygen atoms in total. The van der Waals surface area contributed by atoms with Crippen molar-refractivity contribution in [2.75, 3.05) is 27.2 Å². The second-order valence-corrected chi connectivity index (χ2v) is 11.4. The molecule has 1 atom stereocenters. The molecule has 4 aromatic rings. The molecular weight excluding hydrogens is 601 g/mol. The molecule has 14 heteroatoms. The van der Waals surface area contributed by atoms with Gasteiger partial charge in [0.05, 0.1) is 22.3 Å². The summed E-state index contributed by atoms with van der Waals surface area (Å²) < 4.78 is 86.0. The van der Waals surface area contributed by atoms with Gasteiger partial charge in [0.15, 0.2) is 0 Å². The van der Waals surface area contributed by atoms with E-state index in [1.165, 1.54) is 43.5 Å². The number of sulfonamides is 1. The van der Waals surface area contributed by atoms with Crippen LogP contribution in [0, 0.1) is 0 Å². The van der Waals surface area contributed by atoms with E-state index >= 15 is 0 Å². The fraction of sp³-hybridized carbons (Fsp3) is 0.233. The lowest BCUT2D eigenvalue weighted by Crippen LogP contribution is -2.30. The van der Waals surface area contributed by atoms with E-state index in [4.69, 9.17) is 14.2 Å². The molecule has 0 saturated heterocycles. The molecule has 0 saturated carbocycles. The van der Waals surface area contributed by atoms with Crippen LogP contribution in [0.5, 0.6) is 23.1 Å². The first-order valence-electron chi connectivity index (χ1n) is 13.2. The van der Waals surface area contributed by atoms with E-state index in [0.29, 0.717) is 42.3 Å². The molecule has 232 valence electrons. The third kappa shape index (κ3) is 8.67. The van der Waals surface area contributed by atoms with Crippen molar-refractivity contribution in [3.63, 3.8) is 0 Å². The molecule has 4 rings (SSSR count). The number of alkyl halides is 3. The Kier molecular flexibility index (Phi) is 10.1. The summed E-state index contributed by atoms with van der Waals surface area (Å²) in [5.74, 6) is -0.681. The summed E-state index contributed by atoms with van der Waals surface area (Å²) in [4.78, 5) is 22.6. The lowest BCUT2D eigenvalue weighted by molar-refractivity contribution is -0.139. The predicted molar refractivity (Wildman–Crippen MR) is 154 cm³/mol. The molecule has 0 unspecified atom stereocenters. The van der Waals surface area contributed by atoms with Crippen molar-refractivity contribution in [2.24, 2.45) is 0 Å². The number of halogens is 3. The molecule has 0 aliphatic carbocycles. The van der Waals surface area contributed by atoms with E-state index in [1.807, 2.05) is 19.0 Å². The number of benzene rings is 2. The first-order chi connectivity index (χ1) is 20.8. The number of rotatable bonds is 12. The van der Waals surface area contributed by atoms with Gasteiger partial charge < -0.3 is 19.1 Å². The van der Waals surface area contributed by atoms with Crippen LogP contribution in [0.3, 0.4) is 0 Å². The maximum atomic E-state index is 14.0. The number of pyridine rings is 2. The van der Waals surface area contributed by atoms with Crippen LogP contribution in [-0.4, -0.2) is 56.4 Å². The Morgan fingerprint density at radius 2 is 1.70 bits per heavy atom. The smallest absolute Gasteiger partial charge is 0.419 e. The highest BCUT2D eigenvalue weighted by molar-refractivity contribution is 7.90. The van der Waals surface area contributed by atoms with Gasteiger partial charge in [-0.05, 0) is 81.7 Å². The van der Waals surface area contributed by atoms with Crippen LogP contribution in [0.15, 0.2) is 90.1 Å². The summed E-state index contributed by atoms with van der Waals surface area (Å²) in [5.41, 5.74) is -1.48. The highest BCUT2D eigenvalue weighted by Crippen LogP contribution is 2.38. The Hall–Kier alpha value is -4.69. The Bertz CT molecular complexity index is 1670. The number of hydrogen-bond donors (Lipinski definition) is 1. The molecule has 2 heterocycles. The molecule has 0 aliphatic rings. The number of ether oxygens (including phenoxy) is 3. The van der Waals surface area contributed by atoms with Crippen LogP contribution in [-0.2, 0) is 16.2 Å². The highest BCUT2D eigenvalue weighted by Gasteiger charge is 2.36. The standard InChI is InChI=1S/C30H29F3N4O6S/c1-20(26-13-10-23(19-35-26)43-28-6-4-5-15-34-28)42-27-14-7-21(18-25(27)30(31,32)33)29(38)36-44(39,40)24-11-8-22(9-12-24)41-17-16-37(2)3/h4-15,18-20H,16-17H2,1-3H3,(H,36,38)/t20-/m1/s1. The quantitative estimate of drug-likeness (QED) is 0.217. The first kappa shape index (κ1) is 32.2.